The van der Waals surface area contributed by atoms with E-state index < -0.39 is 11.7 Å². The molecule has 0 saturated carbocycles. The number of hydrogen-bond acceptors (Lipinski definition) is 5. The Kier molecular flexibility index (Phi) is 6.18. The van der Waals surface area contributed by atoms with E-state index in [1.54, 1.807) is 57.2 Å². The Bertz CT molecular complexity index is 853. The topological polar surface area (TPSA) is 106 Å². The second-order valence-corrected chi connectivity index (χ2v) is 7.00. The highest BCUT2D eigenvalue weighted by atomic mass is 16.6. The fourth-order valence-corrected chi connectivity index (χ4v) is 2.16. The second-order valence-electron chi connectivity index (χ2n) is 7.00. The molecule has 2 amide bonds. The van der Waals surface area contributed by atoms with Crippen LogP contribution in [0.25, 0.3) is 0 Å². The van der Waals surface area contributed by atoms with Crippen molar-refractivity contribution in [2.75, 3.05) is 11.1 Å². The molecule has 0 aliphatic heterocycles. The third-order valence-electron chi connectivity index (χ3n) is 3.37. The first-order valence-electron chi connectivity index (χ1n) is 8.44. The summed E-state index contributed by atoms with van der Waals surface area (Å²) in [5.41, 5.74) is 8.32. The van der Waals surface area contributed by atoms with Gasteiger partial charge in [0.1, 0.15) is 5.60 Å². The van der Waals surface area contributed by atoms with Gasteiger partial charge in [0.05, 0.1) is 17.6 Å². The molecule has 0 fully saturated rings. The Morgan fingerprint density at radius 1 is 1.11 bits per heavy atom. The standard InChI is InChI=1S/C20H24N4O3/c1-13-5-10-17(21)16(11-13)18(25)24-15-8-6-14(7-9-15)22-12-23-19(26)27-20(2,3)4/h5-12H,21H2,1-4H3,(H,24,25)(H,22,23,26). The van der Waals surface area contributed by atoms with E-state index in [0.717, 1.165) is 5.56 Å². The Labute approximate surface area is 158 Å². The average molecular weight is 368 g/mol. The summed E-state index contributed by atoms with van der Waals surface area (Å²) < 4.78 is 5.10. The maximum absolute atomic E-state index is 12.4. The van der Waals surface area contributed by atoms with Gasteiger partial charge in [-0.05, 0) is 64.1 Å². The minimum absolute atomic E-state index is 0.279. The molecule has 2 rings (SSSR count). The lowest BCUT2D eigenvalue weighted by molar-refractivity contribution is 0.0565. The monoisotopic (exact) mass is 368 g/mol. The number of carbonyl (C=O) groups excluding carboxylic acids is 2. The highest BCUT2D eigenvalue weighted by molar-refractivity contribution is 6.07. The zero-order valence-corrected chi connectivity index (χ0v) is 15.9. The van der Waals surface area contributed by atoms with Gasteiger partial charge in [0.15, 0.2) is 0 Å². The molecule has 0 radical (unpaired) electrons. The first kappa shape index (κ1) is 20.0. The van der Waals surface area contributed by atoms with Gasteiger partial charge in [0.2, 0.25) is 0 Å². The zero-order chi connectivity index (χ0) is 20.0. The predicted octanol–water partition coefficient (Wildman–Crippen LogP) is 4.01. The van der Waals surface area contributed by atoms with Crippen molar-refractivity contribution in [3.8, 4) is 0 Å². The molecule has 7 nitrogen and oxygen atoms in total. The number of anilines is 2. The van der Waals surface area contributed by atoms with Gasteiger partial charge in [0.25, 0.3) is 5.91 Å². The molecular weight excluding hydrogens is 344 g/mol. The third-order valence-corrected chi connectivity index (χ3v) is 3.37. The van der Waals surface area contributed by atoms with E-state index in [4.69, 9.17) is 10.5 Å². The van der Waals surface area contributed by atoms with E-state index in [0.29, 0.717) is 22.6 Å². The quantitative estimate of drug-likeness (QED) is 0.430. The molecule has 0 aliphatic rings. The summed E-state index contributed by atoms with van der Waals surface area (Å²) in [6.07, 6.45) is 0.681. The number of nitrogen functional groups attached to an aromatic ring is 1. The summed E-state index contributed by atoms with van der Waals surface area (Å²) in [6, 6.07) is 12.1. The molecule has 0 unspecified atom stereocenters. The molecule has 0 aliphatic carbocycles. The number of carbonyl (C=O) groups is 2. The van der Waals surface area contributed by atoms with Crippen LogP contribution in [0.15, 0.2) is 47.5 Å². The molecule has 2 aromatic carbocycles. The number of benzene rings is 2. The number of hydrogen-bond donors (Lipinski definition) is 3. The van der Waals surface area contributed by atoms with Gasteiger partial charge < -0.3 is 15.8 Å². The number of ether oxygens (including phenoxy) is 1. The molecular formula is C20H24N4O3. The van der Waals surface area contributed by atoms with E-state index >= 15 is 0 Å². The van der Waals surface area contributed by atoms with Gasteiger partial charge in [-0.2, -0.15) is 0 Å². The number of nitrogens with two attached hydrogens (primary N) is 1. The van der Waals surface area contributed by atoms with Crippen LogP contribution in [0.3, 0.4) is 0 Å². The average Bonchev–Trinajstić information content (AvgIpc) is 2.57. The highest BCUT2D eigenvalue weighted by Crippen LogP contribution is 2.19. The normalized spacial score (nSPS) is 11.3. The molecule has 0 heterocycles. The van der Waals surface area contributed by atoms with E-state index in [-0.39, 0.29) is 5.91 Å². The van der Waals surface area contributed by atoms with Crippen molar-refractivity contribution in [2.24, 2.45) is 4.99 Å². The summed E-state index contributed by atoms with van der Waals surface area (Å²) >= 11 is 0. The summed E-state index contributed by atoms with van der Waals surface area (Å²) in [5.74, 6) is -0.279. The summed E-state index contributed by atoms with van der Waals surface area (Å²) in [7, 11) is 0. The lowest BCUT2D eigenvalue weighted by Gasteiger charge is -2.18. The molecule has 0 atom stereocenters. The van der Waals surface area contributed by atoms with E-state index in [9.17, 15) is 9.59 Å². The zero-order valence-electron chi connectivity index (χ0n) is 15.9. The molecule has 2 aromatic rings. The van der Waals surface area contributed by atoms with Crippen LogP contribution < -0.4 is 16.4 Å². The van der Waals surface area contributed by atoms with Gasteiger partial charge >= 0.3 is 6.09 Å². The summed E-state index contributed by atoms with van der Waals surface area (Å²) in [6.45, 7) is 7.23. The Morgan fingerprint density at radius 3 is 2.41 bits per heavy atom. The van der Waals surface area contributed by atoms with Crippen LogP contribution in [0.1, 0.15) is 36.7 Å². The highest BCUT2D eigenvalue weighted by Gasteiger charge is 2.15. The minimum atomic E-state index is -0.578. The predicted molar refractivity (Wildman–Crippen MR) is 108 cm³/mol. The molecule has 0 saturated heterocycles. The number of nitrogens with one attached hydrogen (secondary N) is 2. The van der Waals surface area contributed by atoms with E-state index in [1.165, 1.54) is 6.34 Å². The number of nitrogens with zero attached hydrogens (tertiary/aromatic N) is 1. The first-order chi connectivity index (χ1) is 12.6. The van der Waals surface area contributed by atoms with Crippen LogP contribution >= 0.6 is 0 Å². The van der Waals surface area contributed by atoms with Crippen molar-refractivity contribution < 1.29 is 14.3 Å². The van der Waals surface area contributed by atoms with Crippen LogP contribution in [-0.2, 0) is 4.74 Å². The van der Waals surface area contributed by atoms with Crippen LogP contribution in [0, 0.1) is 6.92 Å². The first-order valence-corrected chi connectivity index (χ1v) is 8.44. The molecule has 0 bridgehead atoms. The van der Waals surface area contributed by atoms with Gasteiger partial charge in [0, 0.05) is 11.4 Å². The van der Waals surface area contributed by atoms with Crippen molar-refractivity contribution in [1.29, 1.82) is 0 Å². The summed E-state index contributed by atoms with van der Waals surface area (Å²) in [5, 5.41) is 5.22. The van der Waals surface area contributed by atoms with Gasteiger partial charge in [-0.25, -0.2) is 9.79 Å². The van der Waals surface area contributed by atoms with Crippen LogP contribution in [0.5, 0.6) is 0 Å². The van der Waals surface area contributed by atoms with E-state index in [1.807, 2.05) is 13.0 Å². The van der Waals surface area contributed by atoms with Crippen molar-refractivity contribution >= 4 is 35.4 Å². The fourth-order valence-electron chi connectivity index (χ4n) is 2.16. The Morgan fingerprint density at radius 2 is 1.78 bits per heavy atom. The number of rotatable bonds is 4. The number of amides is 2. The van der Waals surface area contributed by atoms with Crippen molar-refractivity contribution in [2.45, 2.75) is 33.3 Å². The van der Waals surface area contributed by atoms with Gasteiger partial charge in [-0.1, -0.05) is 11.6 Å². The fraction of sp³-hybridized carbons (Fsp3) is 0.250. The van der Waals surface area contributed by atoms with Gasteiger partial charge in [-0.3, -0.25) is 10.1 Å². The summed E-state index contributed by atoms with van der Waals surface area (Å²) in [4.78, 5) is 28.0. The van der Waals surface area contributed by atoms with Crippen molar-refractivity contribution in [3.63, 3.8) is 0 Å². The lowest BCUT2D eigenvalue weighted by atomic mass is 10.1. The van der Waals surface area contributed by atoms with Crippen LogP contribution in [-0.4, -0.2) is 23.9 Å². The largest absolute Gasteiger partial charge is 0.444 e. The number of aliphatic imine (C=N–C) groups is 1. The third kappa shape index (κ3) is 6.47. The molecule has 0 aromatic heterocycles. The second kappa shape index (κ2) is 8.35. The maximum atomic E-state index is 12.4. The van der Waals surface area contributed by atoms with Crippen LogP contribution in [0.2, 0.25) is 0 Å². The minimum Gasteiger partial charge on any atom is -0.444 e. The molecule has 4 N–H and O–H groups in total. The number of alkyl carbamates (subject to hydrolysis) is 1. The Balaban J connectivity index is 1.95. The molecule has 142 valence electrons. The smallest absolute Gasteiger partial charge is 0.412 e. The SMILES string of the molecule is Cc1ccc(N)c(C(=O)Nc2ccc(N=CNC(=O)OC(C)(C)C)cc2)c1. The molecule has 7 heteroatoms. The van der Waals surface area contributed by atoms with Gasteiger partial charge in [-0.15, -0.1) is 0 Å². The maximum Gasteiger partial charge on any atom is 0.412 e. The van der Waals surface area contributed by atoms with Crippen LogP contribution in [0.4, 0.5) is 21.9 Å². The number of aryl methyl sites for hydroxylation is 1. The Hall–Kier alpha value is -3.35. The van der Waals surface area contributed by atoms with Crippen molar-refractivity contribution in [3.05, 3.63) is 53.6 Å². The molecule has 0 spiro atoms. The van der Waals surface area contributed by atoms with E-state index in [2.05, 4.69) is 15.6 Å². The molecule has 27 heavy (non-hydrogen) atoms. The lowest BCUT2D eigenvalue weighted by Crippen LogP contribution is -2.31. The van der Waals surface area contributed by atoms with Crippen molar-refractivity contribution in [1.82, 2.24) is 5.32 Å².